The molecule has 0 spiro atoms. The number of aliphatic hydroxyl groups is 1. The first-order valence-electron chi connectivity index (χ1n) is 11.0. The third kappa shape index (κ3) is 6.80. The Hall–Kier alpha value is -3.89. The number of carbonyl (C=O) groups is 1. The summed E-state index contributed by atoms with van der Waals surface area (Å²) >= 11 is 0. The summed E-state index contributed by atoms with van der Waals surface area (Å²) in [5, 5.41) is 21.9. The molecular formula is C27H27FN2O4. The van der Waals surface area contributed by atoms with E-state index in [2.05, 4.69) is 5.32 Å². The molecule has 2 N–H and O–H groups in total. The average molecular weight is 463 g/mol. The number of hydrogen-bond acceptors (Lipinski definition) is 5. The number of rotatable bonds is 10. The van der Waals surface area contributed by atoms with Gasteiger partial charge in [-0.15, -0.1) is 0 Å². The number of carbonyl (C=O) groups excluding carboxylic acids is 1. The molecule has 1 amide bonds. The molecule has 0 saturated heterocycles. The maximum absolute atomic E-state index is 14.5. The first-order chi connectivity index (χ1) is 16.4. The van der Waals surface area contributed by atoms with Crippen LogP contribution in [0.15, 0.2) is 66.7 Å². The molecule has 176 valence electrons. The summed E-state index contributed by atoms with van der Waals surface area (Å²) in [7, 11) is 0. The van der Waals surface area contributed by atoms with Gasteiger partial charge in [-0.2, -0.15) is 5.26 Å². The first kappa shape index (κ1) is 24.7. The Labute approximate surface area is 198 Å². The maximum Gasteiger partial charge on any atom is 0.251 e. The fourth-order valence-electron chi connectivity index (χ4n) is 3.35. The lowest BCUT2D eigenvalue weighted by Crippen LogP contribution is -2.39. The standard InChI is InChI=1S/C27H27FN2O4/c1-18(2)34-25-11-9-21(14-22(25)15-29)27(32)30-23(16-31)12-20-8-10-26(24(28)13-20)33-17-19-6-4-3-5-7-19/h3-11,13-14,18,23,31H,12,16-17H2,1-2H3,(H,30,32)/t23-/m0/s1. The number of nitrogens with zero attached hydrogens (tertiary/aromatic N) is 1. The van der Waals surface area contributed by atoms with E-state index in [-0.39, 0.29) is 42.6 Å². The minimum Gasteiger partial charge on any atom is -0.490 e. The highest BCUT2D eigenvalue weighted by Gasteiger charge is 2.17. The second kappa shape index (κ2) is 11.8. The molecule has 0 aliphatic heterocycles. The Morgan fingerprint density at radius 1 is 1.06 bits per heavy atom. The van der Waals surface area contributed by atoms with Crippen molar-refractivity contribution in [3.8, 4) is 17.6 Å². The van der Waals surface area contributed by atoms with Crippen LogP contribution in [0.5, 0.6) is 11.5 Å². The summed E-state index contributed by atoms with van der Waals surface area (Å²) in [6.45, 7) is 3.61. The Balaban J connectivity index is 1.63. The highest BCUT2D eigenvalue weighted by atomic mass is 19.1. The smallest absolute Gasteiger partial charge is 0.251 e. The summed E-state index contributed by atoms with van der Waals surface area (Å²) in [5.74, 6) is -0.437. The normalized spacial score (nSPS) is 11.5. The molecule has 3 rings (SSSR count). The first-order valence-corrected chi connectivity index (χ1v) is 11.0. The number of halogens is 1. The third-order valence-corrected chi connectivity index (χ3v) is 5.00. The number of amides is 1. The van der Waals surface area contributed by atoms with Gasteiger partial charge in [-0.1, -0.05) is 36.4 Å². The van der Waals surface area contributed by atoms with Crippen LogP contribution in [0.25, 0.3) is 0 Å². The maximum atomic E-state index is 14.5. The molecule has 34 heavy (non-hydrogen) atoms. The van der Waals surface area contributed by atoms with Crippen molar-refractivity contribution in [3.05, 3.63) is 94.8 Å². The van der Waals surface area contributed by atoms with Crippen LogP contribution < -0.4 is 14.8 Å². The lowest BCUT2D eigenvalue weighted by atomic mass is 10.0. The van der Waals surface area contributed by atoms with E-state index < -0.39 is 17.8 Å². The van der Waals surface area contributed by atoms with Gasteiger partial charge in [-0.3, -0.25) is 4.79 Å². The van der Waals surface area contributed by atoms with Gasteiger partial charge in [-0.25, -0.2) is 4.39 Å². The number of hydrogen-bond donors (Lipinski definition) is 2. The highest BCUT2D eigenvalue weighted by Crippen LogP contribution is 2.22. The Bertz CT molecular complexity index is 1160. The SMILES string of the molecule is CC(C)Oc1ccc(C(=O)N[C@H](CO)Cc2ccc(OCc3ccccc3)c(F)c2)cc1C#N. The summed E-state index contributed by atoms with van der Waals surface area (Å²) in [4.78, 5) is 12.7. The summed E-state index contributed by atoms with van der Waals surface area (Å²) in [5.41, 5.74) is 2.04. The predicted octanol–water partition coefficient (Wildman–Crippen LogP) is 4.40. The van der Waals surface area contributed by atoms with Crippen molar-refractivity contribution < 1.29 is 23.8 Å². The minimum atomic E-state index is -0.639. The summed E-state index contributed by atoms with van der Waals surface area (Å²) in [6.07, 6.45) is 0.110. The molecule has 6 nitrogen and oxygen atoms in total. The van der Waals surface area contributed by atoms with Gasteiger partial charge in [0.1, 0.15) is 18.4 Å². The summed E-state index contributed by atoms with van der Waals surface area (Å²) in [6, 6.07) is 20.0. The molecule has 0 unspecified atom stereocenters. The molecule has 3 aromatic rings. The highest BCUT2D eigenvalue weighted by molar-refractivity contribution is 5.95. The molecule has 3 aromatic carbocycles. The molecular weight excluding hydrogens is 435 g/mol. The van der Waals surface area contributed by atoms with E-state index in [0.29, 0.717) is 11.3 Å². The Morgan fingerprint density at radius 2 is 1.79 bits per heavy atom. The van der Waals surface area contributed by atoms with Crippen molar-refractivity contribution in [2.75, 3.05) is 6.61 Å². The molecule has 0 fully saturated rings. The fraction of sp³-hybridized carbons (Fsp3) is 0.259. The van der Waals surface area contributed by atoms with Gasteiger partial charge in [-0.05, 0) is 61.7 Å². The van der Waals surface area contributed by atoms with Gasteiger partial charge in [0.05, 0.1) is 24.3 Å². The lowest BCUT2D eigenvalue weighted by Gasteiger charge is -2.18. The Kier molecular flexibility index (Phi) is 8.60. The quantitative estimate of drug-likeness (QED) is 0.466. The van der Waals surface area contributed by atoms with Gasteiger partial charge >= 0.3 is 0 Å². The fourth-order valence-corrected chi connectivity index (χ4v) is 3.35. The van der Waals surface area contributed by atoms with Crippen molar-refractivity contribution in [2.45, 2.75) is 39.0 Å². The number of ether oxygens (including phenoxy) is 2. The molecule has 0 bridgehead atoms. The number of aliphatic hydroxyl groups excluding tert-OH is 1. The van der Waals surface area contributed by atoms with Crippen LogP contribution in [0.1, 0.15) is 40.9 Å². The van der Waals surface area contributed by atoms with Crippen molar-refractivity contribution in [1.29, 1.82) is 5.26 Å². The molecule has 0 aliphatic rings. The van der Waals surface area contributed by atoms with Crippen LogP contribution in [-0.4, -0.2) is 29.8 Å². The van der Waals surface area contributed by atoms with E-state index in [9.17, 15) is 19.6 Å². The van der Waals surface area contributed by atoms with E-state index in [1.54, 1.807) is 18.2 Å². The predicted molar refractivity (Wildman–Crippen MR) is 126 cm³/mol. The van der Waals surface area contributed by atoms with Gasteiger partial charge < -0.3 is 19.9 Å². The molecule has 0 saturated carbocycles. The van der Waals surface area contributed by atoms with E-state index in [0.717, 1.165) is 5.56 Å². The lowest BCUT2D eigenvalue weighted by molar-refractivity contribution is 0.0916. The minimum absolute atomic E-state index is 0.110. The van der Waals surface area contributed by atoms with Crippen LogP contribution in [0, 0.1) is 17.1 Å². The van der Waals surface area contributed by atoms with Gasteiger partial charge in [0.2, 0.25) is 0 Å². The van der Waals surface area contributed by atoms with Gasteiger partial charge in [0.15, 0.2) is 11.6 Å². The van der Waals surface area contributed by atoms with Gasteiger partial charge in [0, 0.05) is 5.56 Å². The van der Waals surface area contributed by atoms with Crippen LogP contribution in [0.2, 0.25) is 0 Å². The number of nitrogens with one attached hydrogen (secondary N) is 1. The second-order valence-corrected chi connectivity index (χ2v) is 8.09. The van der Waals surface area contributed by atoms with E-state index in [1.807, 2.05) is 50.2 Å². The van der Waals surface area contributed by atoms with E-state index in [4.69, 9.17) is 9.47 Å². The zero-order valence-corrected chi connectivity index (χ0v) is 19.1. The van der Waals surface area contributed by atoms with E-state index in [1.165, 1.54) is 18.2 Å². The van der Waals surface area contributed by atoms with Crippen molar-refractivity contribution in [3.63, 3.8) is 0 Å². The Morgan fingerprint density at radius 3 is 2.44 bits per heavy atom. The zero-order valence-electron chi connectivity index (χ0n) is 19.1. The second-order valence-electron chi connectivity index (χ2n) is 8.09. The molecule has 0 radical (unpaired) electrons. The molecule has 0 heterocycles. The van der Waals surface area contributed by atoms with Gasteiger partial charge in [0.25, 0.3) is 5.91 Å². The topological polar surface area (TPSA) is 91.6 Å². The van der Waals surface area contributed by atoms with Crippen LogP contribution in [-0.2, 0) is 13.0 Å². The van der Waals surface area contributed by atoms with Crippen LogP contribution in [0.3, 0.4) is 0 Å². The average Bonchev–Trinajstić information content (AvgIpc) is 2.83. The summed E-state index contributed by atoms with van der Waals surface area (Å²) < 4.78 is 25.7. The van der Waals surface area contributed by atoms with Crippen molar-refractivity contribution >= 4 is 5.91 Å². The van der Waals surface area contributed by atoms with Crippen molar-refractivity contribution in [2.24, 2.45) is 0 Å². The molecule has 0 aliphatic carbocycles. The van der Waals surface area contributed by atoms with Crippen LogP contribution >= 0.6 is 0 Å². The molecule has 0 aromatic heterocycles. The molecule has 1 atom stereocenters. The van der Waals surface area contributed by atoms with Crippen molar-refractivity contribution in [1.82, 2.24) is 5.32 Å². The largest absolute Gasteiger partial charge is 0.490 e. The third-order valence-electron chi connectivity index (χ3n) is 5.00. The zero-order chi connectivity index (χ0) is 24.5. The van der Waals surface area contributed by atoms with E-state index >= 15 is 0 Å². The molecule has 7 heteroatoms. The van der Waals surface area contributed by atoms with Crippen LogP contribution in [0.4, 0.5) is 4.39 Å². The monoisotopic (exact) mass is 462 g/mol. The number of benzene rings is 3. The number of nitriles is 1.